The van der Waals surface area contributed by atoms with E-state index in [2.05, 4.69) is 39.9 Å². The second-order valence-electron chi connectivity index (χ2n) is 6.32. The molecule has 0 aliphatic heterocycles. The van der Waals surface area contributed by atoms with Crippen LogP contribution in [0.15, 0.2) is 0 Å². The first-order valence-corrected chi connectivity index (χ1v) is 6.62. The molecule has 0 saturated carbocycles. The Balaban J connectivity index is 3.06. The van der Waals surface area contributed by atoms with Crippen molar-refractivity contribution in [2.75, 3.05) is 13.1 Å². The smallest absolute Gasteiger partial charge is 0.00258 e. The summed E-state index contributed by atoms with van der Waals surface area (Å²) in [5, 5.41) is 3.49. The first-order valence-electron chi connectivity index (χ1n) is 6.62. The molecule has 0 spiro atoms. The molecule has 15 heavy (non-hydrogen) atoms. The highest BCUT2D eigenvalue weighted by molar-refractivity contribution is 4.61. The standard InChI is InChI=1S/C14H31N/c1-13(2)12-15-11-9-7-6-8-10-14(3,4)5/h13,15H,6-12H2,1-5H3. The maximum atomic E-state index is 3.49. The van der Waals surface area contributed by atoms with E-state index in [4.69, 9.17) is 0 Å². The van der Waals surface area contributed by atoms with E-state index in [0.717, 1.165) is 5.92 Å². The first kappa shape index (κ1) is 15.0. The van der Waals surface area contributed by atoms with Crippen LogP contribution < -0.4 is 5.32 Å². The van der Waals surface area contributed by atoms with Crippen molar-refractivity contribution in [3.8, 4) is 0 Å². The number of unbranched alkanes of at least 4 members (excludes halogenated alkanes) is 3. The molecule has 1 N–H and O–H groups in total. The predicted molar refractivity (Wildman–Crippen MR) is 70.2 cm³/mol. The van der Waals surface area contributed by atoms with Crippen molar-refractivity contribution in [2.24, 2.45) is 11.3 Å². The zero-order chi connectivity index (χ0) is 11.7. The minimum absolute atomic E-state index is 0.524. The van der Waals surface area contributed by atoms with Gasteiger partial charge in [0.05, 0.1) is 0 Å². The van der Waals surface area contributed by atoms with Crippen LogP contribution in [0.4, 0.5) is 0 Å². The second kappa shape index (κ2) is 8.15. The molecule has 0 atom stereocenters. The molecule has 1 nitrogen and oxygen atoms in total. The second-order valence-corrected chi connectivity index (χ2v) is 6.32. The summed E-state index contributed by atoms with van der Waals surface area (Å²) in [5.74, 6) is 0.783. The van der Waals surface area contributed by atoms with E-state index in [1.165, 1.54) is 45.2 Å². The molecule has 1 heteroatoms. The molecular formula is C14H31N. The molecular weight excluding hydrogens is 182 g/mol. The molecule has 0 heterocycles. The monoisotopic (exact) mass is 213 g/mol. The van der Waals surface area contributed by atoms with Gasteiger partial charge in [-0.05, 0) is 37.3 Å². The lowest BCUT2D eigenvalue weighted by atomic mass is 9.89. The minimum atomic E-state index is 0.524. The topological polar surface area (TPSA) is 12.0 Å². The highest BCUT2D eigenvalue weighted by Gasteiger charge is 2.08. The fourth-order valence-corrected chi connectivity index (χ4v) is 1.65. The van der Waals surface area contributed by atoms with Gasteiger partial charge in [-0.3, -0.25) is 0 Å². The van der Waals surface area contributed by atoms with Crippen molar-refractivity contribution in [3.63, 3.8) is 0 Å². The van der Waals surface area contributed by atoms with Crippen LogP contribution >= 0.6 is 0 Å². The van der Waals surface area contributed by atoms with E-state index in [0.29, 0.717) is 5.41 Å². The lowest BCUT2D eigenvalue weighted by molar-refractivity contribution is 0.356. The van der Waals surface area contributed by atoms with Crippen LogP contribution in [0.5, 0.6) is 0 Å². The largest absolute Gasteiger partial charge is 0.316 e. The Hall–Kier alpha value is -0.0400. The average molecular weight is 213 g/mol. The Morgan fingerprint density at radius 1 is 0.933 bits per heavy atom. The Bertz CT molecular complexity index is 133. The van der Waals surface area contributed by atoms with Crippen LogP contribution in [-0.2, 0) is 0 Å². The molecule has 0 aromatic heterocycles. The van der Waals surface area contributed by atoms with Crippen LogP contribution in [0.25, 0.3) is 0 Å². The van der Waals surface area contributed by atoms with Gasteiger partial charge in [0.15, 0.2) is 0 Å². The molecule has 0 fully saturated rings. The summed E-state index contributed by atoms with van der Waals surface area (Å²) < 4.78 is 0. The lowest BCUT2D eigenvalue weighted by Crippen LogP contribution is -2.20. The van der Waals surface area contributed by atoms with Gasteiger partial charge in [-0.25, -0.2) is 0 Å². The molecule has 0 rings (SSSR count). The highest BCUT2D eigenvalue weighted by atomic mass is 14.8. The summed E-state index contributed by atoms with van der Waals surface area (Å²) >= 11 is 0. The van der Waals surface area contributed by atoms with E-state index in [1.807, 2.05) is 0 Å². The molecule has 0 aliphatic rings. The van der Waals surface area contributed by atoms with Gasteiger partial charge in [0.2, 0.25) is 0 Å². The summed E-state index contributed by atoms with van der Waals surface area (Å²) in [5.41, 5.74) is 0.524. The van der Waals surface area contributed by atoms with Gasteiger partial charge in [-0.2, -0.15) is 0 Å². The predicted octanol–water partition coefficient (Wildman–Crippen LogP) is 4.23. The quantitative estimate of drug-likeness (QED) is 0.595. The van der Waals surface area contributed by atoms with E-state index in [9.17, 15) is 0 Å². The van der Waals surface area contributed by atoms with Crippen LogP contribution in [0.3, 0.4) is 0 Å². The summed E-state index contributed by atoms with van der Waals surface area (Å²) in [6.45, 7) is 13.9. The Kier molecular flexibility index (Phi) is 8.13. The maximum absolute atomic E-state index is 3.49. The number of rotatable bonds is 8. The van der Waals surface area contributed by atoms with Crippen LogP contribution in [0.1, 0.15) is 66.7 Å². The molecule has 0 bridgehead atoms. The third-order valence-corrected chi connectivity index (χ3v) is 2.58. The van der Waals surface area contributed by atoms with Crippen LogP contribution in [-0.4, -0.2) is 13.1 Å². The molecule has 0 unspecified atom stereocenters. The van der Waals surface area contributed by atoms with Crippen molar-refractivity contribution in [3.05, 3.63) is 0 Å². The molecule has 0 amide bonds. The Labute approximate surface area is 97.0 Å². The zero-order valence-corrected chi connectivity index (χ0v) is 11.5. The number of hydrogen-bond donors (Lipinski definition) is 1. The van der Waals surface area contributed by atoms with Gasteiger partial charge in [0.1, 0.15) is 0 Å². The molecule has 0 saturated heterocycles. The van der Waals surface area contributed by atoms with Crippen molar-refractivity contribution in [1.29, 1.82) is 0 Å². The molecule has 0 aliphatic carbocycles. The van der Waals surface area contributed by atoms with E-state index in [1.54, 1.807) is 0 Å². The minimum Gasteiger partial charge on any atom is -0.316 e. The lowest BCUT2D eigenvalue weighted by Gasteiger charge is -2.17. The van der Waals surface area contributed by atoms with Gasteiger partial charge in [0, 0.05) is 0 Å². The average Bonchev–Trinajstić information content (AvgIpc) is 2.07. The SMILES string of the molecule is CC(C)CNCCCCCCC(C)(C)C. The first-order chi connectivity index (χ1) is 6.92. The number of nitrogens with one attached hydrogen (secondary N) is 1. The zero-order valence-electron chi connectivity index (χ0n) is 11.5. The van der Waals surface area contributed by atoms with Gasteiger partial charge in [-0.15, -0.1) is 0 Å². The third kappa shape index (κ3) is 14.0. The summed E-state index contributed by atoms with van der Waals surface area (Å²) in [6, 6.07) is 0. The Morgan fingerprint density at radius 2 is 1.53 bits per heavy atom. The summed E-state index contributed by atoms with van der Waals surface area (Å²) in [7, 11) is 0. The van der Waals surface area contributed by atoms with E-state index < -0.39 is 0 Å². The molecule has 92 valence electrons. The van der Waals surface area contributed by atoms with Gasteiger partial charge < -0.3 is 5.32 Å². The normalized spacial score (nSPS) is 12.4. The van der Waals surface area contributed by atoms with E-state index >= 15 is 0 Å². The van der Waals surface area contributed by atoms with E-state index in [-0.39, 0.29) is 0 Å². The van der Waals surface area contributed by atoms with Crippen molar-refractivity contribution < 1.29 is 0 Å². The van der Waals surface area contributed by atoms with Crippen molar-refractivity contribution >= 4 is 0 Å². The van der Waals surface area contributed by atoms with Gasteiger partial charge in [0.25, 0.3) is 0 Å². The summed E-state index contributed by atoms with van der Waals surface area (Å²) in [4.78, 5) is 0. The third-order valence-electron chi connectivity index (χ3n) is 2.58. The van der Waals surface area contributed by atoms with Crippen molar-refractivity contribution in [1.82, 2.24) is 5.32 Å². The number of hydrogen-bond acceptors (Lipinski definition) is 1. The Morgan fingerprint density at radius 3 is 2.07 bits per heavy atom. The molecule has 0 aromatic carbocycles. The van der Waals surface area contributed by atoms with Gasteiger partial charge >= 0.3 is 0 Å². The van der Waals surface area contributed by atoms with Crippen molar-refractivity contribution in [2.45, 2.75) is 66.7 Å². The fourth-order valence-electron chi connectivity index (χ4n) is 1.65. The summed E-state index contributed by atoms with van der Waals surface area (Å²) in [6.07, 6.45) is 6.90. The highest BCUT2D eigenvalue weighted by Crippen LogP contribution is 2.22. The fraction of sp³-hybridized carbons (Fsp3) is 1.00. The van der Waals surface area contributed by atoms with Crippen LogP contribution in [0.2, 0.25) is 0 Å². The molecule has 0 radical (unpaired) electrons. The van der Waals surface area contributed by atoms with Crippen LogP contribution in [0, 0.1) is 11.3 Å². The van der Waals surface area contributed by atoms with Gasteiger partial charge in [-0.1, -0.05) is 53.9 Å². The molecule has 0 aromatic rings. The maximum Gasteiger partial charge on any atom is -0.00258 e.